The molecule has 0 unspecified atom stereocenters. The normalized spacial score (nSPS) is 10.5. The van der Waals surface area contributed by atoms with Gasteiger partial charge >= 0.3 is 0 Å². The minimum absolute atomic E-state index is 0.0367. The molecule has 0 heterocycles. The van der Waals surface area contributed by atoms with Gasteiger partial charge in [0.25, 0.3) is 11.4 Å². The van der Waals surface area contributed by atoms with E-state index in [4.69, 9.17) is 4.74 Å². The topological polar surface area (TPSA) is 95.5 Å². The summed E-state index contributed by atoms with van der Waals surface area (Å²) in [5.74, 6) is 0. The molecule has 0 aliphatic rings. The fourth-order valence-corrected chi connectivity index (χ4v) is 2.65. The lowest BCUT2D eigenvalue weighted by Gasteiger charge is -2.06. The van der Waals surface area contributed by atoms with E-state index >= 15 is 0 Å². The quantitative estimate of drug-likeness (QED) is 0.472. The minimum Gasteiger partial charge on any atom is -0.372 e. The van der Waals surface area contributed by atoms with E-state index in [1.54, 1.807) is 24.3 Å². The highest BCUT2D eigenvalue weighted by atomic mass is 79.9. The number of ether oxygens (including phenoxy) is 1. The van der Waals surface area contributed by atoms with Gasteiger partial charge in [0, 0.05) is 12.1 Å². The van der Waals surface area contributed by atoms with Crippen LogP contribution in [0.4, 0.5) is 11.4 Å². The van der Waals surface area contributed by atoms with Crippen LogP contribution in [0.3, 0.4) is 0 Å². The summed E-state index contributed by atoms with van der Waals surface area (Å²) in [5.41, 5.74) is 1.22. The standard InChI is InChI=1S/C14H10Br2N2O5/c15-11-3-1-9(5-13(11)17(19)20)7-23-8-10-2-4-12(16)14(6-10)18(21)22/h1-6H,7-8H2. The van der Waals surface area contributed by atoms with Gasteiger partial charge in [-0.15, -0.1) is 0 Å². The van der Waals surface area contributed by atoms with Crippen LogP contribution in [0.2, 0.25) is 0 Å². The number of halogens is 2. The van der Waals surface area contributed by atoms with Crippen LogP contribution in [0.5, 0.6) is 0 Å². The van der Waals surface area contributed by atoms with Crippen molar-refractivity contribution in [3.05, 3.63) is 76.7 Å². The van der Waals surface area contributed by atoms with Gasteiger partial charge in [-0.05, 0) is 55.1 Å². The molecule has 0 saturated heterocycles. The Morgan fingerprint density at radius 3 is 1.57 bits per heavy atom. The highest BCUT2D eigenvalue weighted by Gasteiger charge is 2.14. The van der Waals surface area contributed by atoms with Gasteiger partial charge in [0.15, 0.2) is 0 Å². The molecule has 0 radical (unpaired) electrons. The predicted octanol–water partition coefficient (Wildman–Crippen LogP) is 4.74. The fourth-order valence-electron chi connectivity index (χ4n) is 1.86. The fraction of sp³-hybridized carbons (Fsp3) is 0.143. The zero-order valence-corrected chi connectivity index (χ0v) is 14.7. The Morgan fingerprint density at radius 1 is 0.826 bits per heavy atom. The molecule has 0 fully saturated rings. The maximum Gasteiger partial charge on any atom is 0.283 e. The lowest BCUT2D eigenvalue weighted by atomic mass is 10.2. The summed E-state index contributed by atoms with van der Waals surface area (Å²) in [5, 5.41) is 21.7. The first-order valence-corrected chi connectivity index (χ1v) is 7.90. The van der Waals surface area contributed by atoms with Crippen molar-refractivity contribution in [2.45, 2.75) is 13.2 Å². The highest BCUT2D eigenvalue weighted by Crippen LogP contribution is 2.27. The van der Waals surface area contributed by atoms with Gasteiger partial charge in [0.1, 0.15) is 0 Å². The van der Waals surface area contributed by atoms with Crippen molar-refractivity contribution in [3.63, 3.8) is 0 Å². The van der Waals surface area contributed by atoms with Crippen LogP contribution in [0.25, 0.3) is 0 Å². The van der Waals surface area contributed by atoms with E-state index < -0.39 is 9.85 Å². The number of nitro groups is 2. The van der Waals surface area contributed by atoms with Crippen molar-refractivity contribution in [1.82, 2.24) is 0 Å². The van der Waals surface area contributed by atoms with Crippen LogP contribution in [0.15, 0.2) is 45.3 Å². The number of nitrogens with zero attached hydrogens (tertiary/aromatic N) is 2. The Bertz CT molecular complexity index is 703. The summed E-state index contributed by atoms with van der Waals surface area (Å²) in [6.07, 6.45) is 0. The second-order valence-corrected chi connectivity index (χ2v) is 6.29. The minimum atomic E-state index is -0.480. The average molecular weight is 446 g/mol. The molecule has 2 rings (SSSR count). The predicted molar refractivity (Wildman–Crippen MR) is 90.1 cm³/mol. The molecule has 23 heavy (non-hydrogen) atoms. The van der Waals surface area contributed by atoms with Gasteiger partial charge in [-0.3, -0.25) is 20.2 Å². The molecule has 2 aromatic carbocycles. The van der Waals surface area contributed by atoms with E-state index in [9.17, 15) is 20.2 Å². The monoisotopic (exact) mass is 444 g/mol. The van der Waals surface area contributed by atoms with Gasteiger partial charge in [0.05, 0.1) is 32.0 Å². The highest BCUT2D eigenvalue weighted by molar-refractivity contribution is 9.11. The zero-order valence-electron chi connectivity index (χ0n) is 11.6. The van der Waals surface area contributed by atoms with Crippen molar-refractivity contribution in [2.24, 2.45) is 0 Å². The molecule has 0 amide bonds. The van der Waals surface area contributed by atoms with Crippen molar-refractivity contribution >= 4 is 43.2 Å². The number of benzene rings is 2. The SMILES string of the molecule is O=[N+]([O-])c1cc(COCc2ccc(Br)c([N+](=O)[O-])c2)ccc1Br. The smallest absolute Gasteiger partial charge is 0.283 e. The van der Waals surface area contributed by atoms with E-state index in [2.05, 4.69) is 31.9 Å². The maximum absolute atomic E-state index is 10.9. The first kappa shape index (κ1) is 17.5. The van der Waals surface area contributed by atoms with Crippen LogP contribution in [-0.2, 0) is 18.0 Å². The van der Waals surface area contributed by atoms with E-state index in [0.717, 1.165) is 0 Å². The molecule has 0 saturated carbocycles. The first-order valence-electron chi connectivity index (χ1n) is 6.32. The van der Waals surface area contributed by atoms with Crippen LogP contribution in [0.1, 0.15) is 11.1 Å². The molecule has 0 atom stereocenters. The summed E-state index contributed by atoms with van der Waals surface area (Å²) < 4.78 is 6.28. The van der Waals surface area contributed by atoms with Crippen molar-refractivity contribution < 1.29 is 14.6 Å². The van der Waals surface area contributed by atoms with E-state index in [1.807, 2.05) is 0 Å². The molecule has 0 aliphatic carbocycles. The summed E-state index contributed by atoms with van der Waals surface area (Å²) in [6, 6.07) is 9.44. The molecule has 0 N–H and O–H groups in total. The molecule has 0 spiro atoms. The number of rotatable bonds is 6. The van der Waals surface area contributed by atoms with E-state index in [-0.39, 0.29) is 24.6 Å². The maximum atomic E-state index is 10.9. The third-order valence-electron chi connectivity index (χ3n) is 2.95. The van der Waals surface area contributed by atoms with Crippen molar-refractivity contribution in [1.29, 1.82) is 0 Å². The third kappa shape index (κ3) is 4.57. The molecule has 7 nitrogen and oxygen atoms in total. The Hall–Kier alpha value is -1.84. The molecule has 0 aromatic heterocycles. The summed E-state index contributed by atoms with van der Waals surface area (Å²) in [6.45, 7) is 0.329. The van der Waals surface area contributed by atoms with E-state index in [1.165, 1.54) is 12.1 Å². The number of hydrogen-bond donors (Lipinski definition) is 0. The second kappa shape index (κ2) is 7.62. The molecular formula is C14H10Br2N2O5. The Morgan fingerprint density at radius 2 is 1.22 bits per heavy atom. The van der Waals surface area contributed by atoms with Crippen LogP contribution < -0.4 is 0 Å². The Labute approximate surface area is 147 Å². The van der Waals surface area contributed by atoms with Crippen molar-refractivity contribution in [2.75, 3.05) is 0 Å². The van der Waals surface area contributed by atoms with Gasteiger partial charge in [-0.2, -0.15) is 0 Å². The lowest BCUT2D eigenvalue weighted by Crippen LogP contribution is -1.98. The van der Waals surface area contributed by atoms with Crippen LogP contribution in [0, 0.1) is 20.2 Å². The number of nitro benzene ring substituents is 2. The molecule has 0 bridgehead atoms. The lowest BCUT2D eigenvalue weighted by molar-refractivity contribution is -0.385. The molecule has 0 aliphatic heterocycles. The largest absolute Gasteiger partial charge is 0.372 e. The summed E-state index contributed by atoms with van der Waals surface area (Å²) >= 11 is 6.23. The van der Waals surface area contributed by atoms with Gasteiger partial charge < -0.3 is 4.74 Å². The zero-order chi connectivity index (χ0) is 17.0. The van der Waals surface area contributed by atoms with Gasteiger partial charge in [-0.1, -0.05) is 12.1 Å². The summed E-state index contributed by atoms with van der Waals surface area (Å²) in [4.78, 5) is 20.8. The van der Waals surface area contributed by atoms with Crippen molar-refractivity contribution in [3.8, 4) is 0 Å². The molecule has 120 valence electrons. The first-order chi connectivity index (χ1) is 10.9. The van der Waals surface area contributed by atoms with Gasteiger partial charge in [0.2, 0.25) is 0 Å². The Kier molecular flexibility index (Phi) is 5.80. The molecule has 2 aromatic rings. The number of hydrogen-bond acceptors (Lipinski definition) is 5. The van der Waals surface area contributed by atoms with Crippen LogP contribution in [-0.4, -0.2) is 9.85 Å². The van der Waals surface area contributed by atoms with Gasteiger partial charge in [-0.25, -0.2) is 0 Å². The molecule has 9 heteroatoms. The van der Waals surface area contributed by atoms with E-state index in [0.29, 0.717) is 20.1 Å². The third-order valence-corrected chi connectivity index (χ3v) is 4.29. The van der Waals surface area contributed by atoms with Crippen LogP contribution >= 0.6 is 31.9 Å². The summed E-state index contributed by atoms with van der Waals surface area (Å²) in [7, 11) is 0. The average Bonchev–Trinajstić information content (AvgIpc) is 2.50. The molecular weight excluding hydrogens is 436 g/mol. The second-order valence-electron chi connectivity index (χ2n) is 4.58. The Balaban J connectivity index is 2.03.